The van der Waals surface area contributed by atoms with Crippen LogP contribution >= 0.6 is 0 Å². The third kappa shape index (κ3) is 4.90. The molecule has 0 radical (unpaired) electrons. The van der Waals surface area contributed by atoms with Gasteiger partial charge in [-0.25, -0.2) is 8.78 Å². The molecule has 0 aromatic heterocycles. The van der Waals surface area contributed by atoms with Crippen LogP contribution in [0.1, 0.15) is 23.5 Å². The van der Waals surface area contributed by atoms with Crippen LogP contribution < -0.4 is 4.90 Å². The van der Waals surface area contributed by atoms with Crippen molar-refractivity contribution < 1.29 is 8.78 Å². The van der Waals surface area contributed by atoms with E-state index in [-0.39, 0.29) is 23.6 Å². The lowest BCUT2D eigenvalue weighted by Crippen LogP contribution is -2.50. The lowest BCUT2D eigenvalue weighted by molar-refractivity contribution is 0.106. The van der Waals surface area contributed by atoms with Gasteiger partial charge in [0.2, 0.25) is 0 Å². The zero-order chi connectivity index (χ0) is 24.5. The van der Waals surface area contributed by atoms with Gasteiger partial charge in [0.25, 0.3) is 0 Å². The first-order valence-corrected chi connectivity index (χ1v) is 13.2. The highest BCUT2D eigenvalue weighted by Gasteiger charge is 2.42. The molecule has 36 heavy (non-hydrogen) atoms. The van der Waals surface area contributed by atoms with Gasteiger partial charge in [-0.05, 0) is 60.0 Å². The molecular weight excluding hydrogens is 454 g/mol. The number of benzene rings is 3. The minimum Gasteiger partial charge on any atom is -0.337 e. The highest BCUT2D eigenvalue weighted by atomic mass is 19.1. The van der Waals surface area contributed by atoms with E-state index in [1.165, 1.54) is 17.7 Å². The fraction of sp³-hybridized carbons (Fsp3) is 0.400. The molecule has 3 aliphatic heterocycles. The molecule has 2 unspecified atom stereocenters. The molecule has 3 heterocycles. The minimum absolute atomic E-state index is 0.182. The lowest BCUT2D eigenvalue weighted by Gasteiger charge is -2.40. The van der Waals surface area contributed by atoms with Gasteiger partial charge in [-0.15, -0.1) is 0 Å². The summed E-state index contributed by atoms with van der Waals surface area (Å²) in [5.74, 6) is -0.152. The molecule has 2 atom stereocenters. The van der Waals surface area contributed by atoms with Gasteiger partial charge in [-0.3, -0.25) is 9.80 Å². The van der Waals surface area contributed by atoms with E-state index in [4.69, 9.17) is 0 Å². The Morgan fingerprint density at radius 1 is 0.694 bits per heavy atom. The Hall–Kier alpha value is -2.80. The van der Waals surface area contributed by atoms with Crippen LogP contribution in [0.4, 0.5) is 20.2 Å². The fourth-order valence-corrected chi connectivity index (χ4v) is 6.27. The van der Waals surface area contributed by atoms with Crippen molar-refractivity contribution in [3.05, 3.63) is 95.6 Å². The molecular formula is C30H34F2N4. The van der Waals surface area contributed by atoms with Crippen LogP contribution in [-0.2, 0) is 6.54 Å². The molecule has 3 aromatic rings. The zero-order valence-corrected chi connectivity index (χ0v) is 20.7. The number of hydrogen-bond donors (Lipinski definition) is 0. The van der Waals surface area contributed by atoms with E-state index in [1.807, 2.05) is 18.2 Å². The van der Waals surface area contributed by atoms with Crippen LogP contribution in [-0.4, -0.2) is 73.1 Å². The third-order valence-corrected chi connectivity index (χ3v) is 8.19. The normalized spacial score (nSPS) is 23.0. The van der Waals surface area contributed by atoms with Gasteiger partial charge >= 0.3 is 0 Å². The van der Waals surface area contributed by atoms with E-state index in [9.17, 15) is 8.78 Å². The third-order valence-electron chi connectivity index (χ3n) is 8.19. The molecule has 6 rings (SSSR count). The van der Waals surface area contributed by atoms with Crippen molar-refractivity contribution >= 4 is 11.4 Å². The fourth-order valence-electron chi connectivity index (χ4n) is 6.27. The number of nitrogens with zero attached hydrogens (tertiary/aromatic N) is 4. The highest BCUT2D eigenvalue weighted by Crippen LogP contribution is 2.48. The van der Waals surface area contributed by atoms with E-state index in [0.717, 1.165) is 82.3 Å². The van der Waals surface area contributed by atoms with Crippen molar-refractivity contribution in [3.8, 4) is 0 Å². The number of piperidine rings is 1. The Labute approximate surface area is 212 Å². The molecule has 3 aromatic carbocycles. The maximum atomic E-state index is 14.3. The summed E-state index contributed by atoms with van der Waals surface area (Å²) in [5.41, 5.74) is 4.52. The Morgan fingerprint density at radius 2 is 1.39 bits per heavy atom. The first kappa shape index (κ1) is 23.6. The van der Waals surface area contributed by atoms with Gasteiger partial charge in [0, 0.05) is 82.2 Å². The maximum absolute atomic E-state index is 14.3. The molecule has 2 fully saturated rings. The van der Waals surface area contributed by atoms with Crippen molar-refractivity contribution in [3.63, 3.8) is 0 Å². The van der Waals surface area contributed by atoms with Gasteiger partial charge < -0.3 is 9.80 Å². The van der Waals surface area contributed by atoms with Crippen molar-refractivity contribution in [1.29, 1.82) is 0 Å². The average molecular weight is 489 g/mol. The summed E-state index contributed by atoms with van der Waals surface area (Å²) in [6.07, 6.45) is 1.02. The summed E-state index contributed by atoms with van der Waals surface area (Å²) >= 11 is 0. The second kappa shape index (κ2) is 10.3. The van der Waals surface area contributed by atoms with Gasteiger partial charge in [0.15, 0.2) is 0 Å². The van der Waals surface area contributed by atoms with Gasteiger partial charge in [0.05, 0.1) is 0 Å². The first-order chi connectivity index (χ1) is 17.6. The molecule has 6 heteroatoms. The SMILES string of the molecule is Fc1ccc(N2c3ccc(F)cc3C3CN(CCN4CCN(Cc5ccccc5)CC4)CCC32)cc1. The van der Waals surface area contributed by atoms with Crippen LogP contribution in [0, 0.1) is 11.6 Å². The summed E-state index contributed by atoms with van der Waals surface area (Å²) in [5, 5.41) is 0. The number of halogens is 2. The van der Waals surface area contributed by atoms with E-state index in [1.54, 1.807) is 12.1 Å². The average Bonchev–Trinajstić information content (AvgIpc) is 3.22. The monoisotopic (exact) mass is 488 g/mol. The van der Waals surface area contributed by atoms with Crippen LogP contribution in [0.25, 0.3) is 0 Å². The van der Waals surface area contributed by atoms with Gasteiger partial charge in [-0.2, -0.15) is 0 Å². The van der Waals surface area contributed by atoms with Crippen molar-refractivity contribution in [1.82, 2.24) is 14.7 Å². The molecule has 0 bridgehead atoms. The number of rotatable bonds is 6. The van der Waals surface area contributed by atoms with Gasteiger partial charge in [-0.1, -0.05) is 30.3 Å². The van der Waals surface area contributed by atoms with Gasteiger partial charge in [0.1, 0.15) is 11.6 Å². The molecule has 0 aliphatic carbocycles. The minimum atomic E-state index is -0.232. The van der Waals surface area contributed by atoms with E-state index in [2.05, 4.69) is 49.9 Å². The van der Waals surface area contributed by atoms with Crippen molar-refractivity contribution in [2.75, 3.05) is 57.3 Å². The number of anilines is 2. The number of hydrogen-bond acceptors (Lipinski definition) is 4. The molecule has 0 N–H and O–H groups in total. The lowest BCUT2D eigenvalue weighted by atomic mass is 9.89. The maximum Gasteiger partial charge on any atom is 0.123 e. The molecule has 2 saturated heterocycles. The first-order valence-electron chi connectivity index (χ1n) is 13.2. The predicted octanol–water partition coefficient (Wildman–Crippen LogP) is 5.09. The molecule has 0 saturated carbocycles. The van der Waals surface area contributed by atoms with Crippen LogP contribution in [0.5, 0.6) is 0 Å². The predicted molar refractivity (Wildman–Crippen MR) is 141 cm³/mol. The Balaban J connectivity index is 1.07. The molecule has 188 valence electrons. The van der Waals surface area contributed by atoms with E-state index in [0.29, 0.717) is 0 Å². The number of fused-ring (bicyclic) bond motifs is 3. The Kier molecular flexibility index (Phi) is 6.74. The van der Waals surface area contributed by atoms with Crippen LogP contribution in [0.2, 0.25) is 0 Å². The molecule has 3 aliphatic rings. The topological polar surface area (TPSA) is 13.0 Å². The summed E-state index contributed by atoms with van der Waals surface area (Å²) in [4.78, 5) is 9.99. The second-order valence-electron chi connectivity index (χ2n) is 10.4. The zero-order valence-electron chi connectivity index (χ0n) is 20.7. The van der Waals surface area contributed by atoms with Crippen molar-refractivity contribution in [2.24, 2.45) is 0 Å². The van der Waals surface area contributed by atoms with Crippen LogP contribution in [0.15, 0.2) is 72.8 Å². The standard InChI is InChI=1S/C30H34F2N4/c31-24-6-9-26(10-7-24)36-29-11-8-25(32)20-27(29)28-22-34(13-12-30(28)36)17-14-33-15-18-35(19-16-33)21-23-4-2-1-3-5-23/h1-11,20,28,30H,12-19,21-22H2. The number of piperazine rings is 1. The Bertz CT molecular complexity index is 1160. The summed E-state index contributed by atoms with van der Waals surface area (Å²) in [7, 11) is 0. The largest absolute Gasteiger partial charge is 0.337 e. The molecule has 4 nitrogen and oxygen atoms in total. The quantitative estimate of drug-likeness (QED) is 0.479. The van der Waals surface area contributed by atoms with Crippen LogP contribution in [0.3, 0.4) is 0 Å². The van der Waals surface area contributed by atoms with E-state index < -0.39 is 0 Å². The second-order valence-corrected chi connectivity index (χ2v) is 10.4. The number of likely N-dealkylation sites (tertiary alicyclic amines) is 1. The molecule has 0 spiro atoms. The Morgan fingerprint density at radius 3 is 2.17 bits per heavy atom. The summed E-state index contributed by atoms with van der Waals surface area (Å²) in [6.45, 7) is 9.56. The van der Waals surface area contributed by atoms with E-state index >= 15 is 0 Å². The summed E-state index contributed by atoms with van der Waals surface area (Å²) in [6, 6.07) is 22.9. The van der Waals surface area contributed by atoms with Crippen molar-refractivity contribution in [2.45, 2.75) is 24.9 Å². The molecule has 0 amide bonds. The summed E-state index contributed by atoms with van der Waals surface area (Å²) < 4.78 is 27.9. The highest BCUT2D eigenvalue weighted by molar-refractivity contribution is 5.73. The smallest absolute Gasteiger partial charge is 0.123 e.